The minimum absolute atomic E-state index is 0.107. The Labute approximate surface area is 290 Å². The first-order chi connectivity index (χ1) is 22.5. The minimum atomic E-state index is -1.95. The van der Waals surface area contributed by atoms with E-state index >= 15 is 0 Å². The van der Waals surface area contributed by atoms with Crippen LogP contribution in [0.1, 0.15) is 84.7 Å². The molecule has 0 amide bonds. The molecule has 3 aromatic heterocycles. The van der Waals surface area contributed by atoms with Gasteiger partial charge in [-0.05, 0) is 106 Å². The van der Waals surface area contributed by atoms with E-state index in [4.69, 9.17) is 19.5 Å². The summed E-state index contributed by atoms with van der Waals surface area (Å²) in [5.74, 6) is 0.719. The van der Waals surface area contributed by atoms with Gasteiger partial charge < -0.3 is 19.4 Å². The summed E-state index contributed by atoms with van der Waals surface area (Å²) in [4.78, 5) is 9.99. The zero-order chi connectivity index (χ0) is 34.9. The molecule has 1 unspecified atom stereocenters. The minimum Gasteiger partial charge on any atom is -0.598 e. The molecule has 48 heavy (non-hydrogen) atoms. The van der Waals surface area contributed by atoms with E-state index in [0.29, 0.717) is 30.8 Å². The second-order valence-corrected chi connectivity index (χ2v) is 22.0. The van der Waals surface area contributed by atoms with Crippen LogP contribution >= 0.6 is 0 Å². The normalized spacial score (nSPS) is 16.5. The molecular formula is C37H52N6O3SSi. The van der Waals surface area contributed by atoms with E-state index in [2.05, 4.69) is 62.1 Å². The molecule has 4 aromatic rings. The van der Waals surface area contributed by atoms with E-state index in [9.17, 15) is 9.66 Å². The molecule has 0 radical (unpaired) electrons. The Bertz CT molecular complexity index is 1780. The fourth-order valence-corrected chi connectivity index (χ4v) is 7.21. The fraction of sp³-hybridized carbons (Fsp3) is 0.486. The third-order valence-electron chi connectivity index (χ3n) is 9.39. The Morgan fingerprint density at radius 1 is 1.06 bits per heavy atom. The van der Waals surface area contributed by atoms with Crippen molar-refractivity contribution in [3.8, 4) is 17.1 Å². The van der Waals surface area contributed by atoms with Gasteiger partial charge in [0.05, 0.1) is 35.4 Å². The molecular weight excluding hydrogens is 637 g/mol. The number of nitrogens with zero attached hydrogens (tertiary/aromatic N) is 4. The lowest BCUT2D eigenvalue weighted by atomic mass is 9.94. The lowest BCUT2D eigenvalue weighted by molar-refractivity contribution is 0.0101. The Morgan fingerprint density at radius 3 is 2.48 bits per heavy atom. The second-order valence-electron chi connectivity index (χ2n) is 15.2. The Balaban J connectivity index is 1.59. The smallest absolute Gasteiger partial charge is 0.200 e. The molecule has 1 aromatic carbocycles. The maximum Gasteiger partial charge on any atom is 0.200 e. The Hall–Kier alpha value is -2.90. The molecule has 9 nitrogen and oxygen atoms in total. The van der Waals surface area contributed by atoms with E-state index in [1.165, 1.54) is 5.57 Å². The highest BCUT2D eigenvalue weighted by Gasteiger charge is 2.40. The first-order valence-corrected chi connectivity index (χ1v) is 21.0. The van der Waals surface area contributed by atoms with Crippen LogP contribution in [0.2, 0.25) is 18.1 Å². The number of rotatable bonds is 11. The van der Waals surface area contributed by atoms with Crippen LogP contribution in [0.4, 0.5) is 0 Å². The van der Waals surface area contributed by atoms with Gasteiger partial charge in [0.2, 0.25) is 0 Å². The number of aromatic nitrogens is 4. The van der Waals surface area contributed by atoms with Crippen molar-refractivity contribution in [1.29, 1.82) is 0 Å². The van der Waals surface area contributed by atoms with Gasteiger partial charge in [0.15, 0.2) is 19.9 Å². The Kier molecular flexibility index (Phi) is 10.7. The average Bonchev–Trinajstić information content (AvgIpc) is 3.47. The standard InChI is InChI=1S/C37H52N6O3SSi/c1-10-19-37(44,42-47(45)35(2,3)4)33-15-12-14-31(41-33)27-22-29(26-17-20-38-21-18-26)30-24-39-43(32(30)23-27)34-16-11-13-28(40-34)25-46-48(8,9)36(5,6)7/h11-17,22-24,38,42,44H,10,18-21,25H2,1-9H3/t37?,47-/m1/s1. The molecule has 0 fully saturated rings. The summed E-state index contributed by atoms with van der Waals surface area (Å²) in [7, 11) is -1.95. The summed E-state index contributed by atoms with van der Waals surface area (Å²) in [6, 6.07) is 15.9. The van der Waals surface area contributed by atoms with Crippen molar-refractivity contribution in [2.45, 2.75) is 103 Å². The van der Waals surface area contributed by atoms with Crippen LogP contribution in [-0.4, -0.2) is 55.6 Å². The second kappa shape index (κ2) is 14.1. The SMILES string of the molecule is CCCC(O)(N[S@+]([O-])C(C)(C)C)c1cccc(-c2cc(C3=CCNCC3)c3cnn(-c4cccc(CO[Si](C)(C)C(C)(C)C)n4)c3c2)n1. The van der Waals surface area contributed by atoms with Crippen molar-refractivity contribution < 1.29 is 14.1 Å². The van der Waals surface area contributed by atoms with Crippen LogP contribution in [0.3, 0.4) is 0 Å². The number of benzene rings is 1. The molecule has 0 aliphatic carbocycles. The number of nitrogens with one attached hydrogen (secondary N) is 2. The largest absolute Gasteiger partial charge is 0.598 e. The summed E-state index contributed by atoms with van der Waals surface area (Å²) in [5, 5.41) is 21.3. The lowest BCUT2D eigenvalue weighted by Crippen LogP contribution is -2.51. The molecule has 0 bridgehead atoms. The number of fused-ring (bicyclic) bond motifs is 1. The van der Waals surface area contributed by atoms with Crippen LogP contribution < -0.4 is 10.0 Å². The van der Waals surface area contributed by atoms with Crippen LogP contribution in [0, 0.1) is 0 Å². The molecule has 2 atom stereocenters. The molecule has 0 saturated carbocycles. The number of hydrogen-bond acceptors (Lipinski definition) is 8. The van der Waals surface area contributed by atoms with Gasteiger partial charge in [-0.3, -0.25) is 0 Å². The fourth-order valence-electron chi connectivity index (χ4n) is 5.45. The van der Waals surface area contributed by atoms with Gasteiger partial charge >= 0.3 is 0 Å². The predicted molar refractivity (Wildman–Crippen MR) is 199 cm³/mol. The maximum absolute atomic E-state index is 13.1. The molecule has 11 heteroatoms. The van der Waals surface area contributed by atoms with Crippen molar-refractivity contribution in [1.82, 2.24) is 29.8 Å². The van der Waals surface area contributed by atoms with Crippen molar-refractivity contribution in [2.24, 2.45) is 0 Å². The van der Waals surface area contributed by atoms with E-state index in [-0.39, 0.29) is 5.04 Å². The maximum atomic E-state index is 13.1. The van der Waals surface area contributed by atoms with Crippen molar-refractivity contribution >= 4 is 36.2 Å². The number of pyridine rings is 2. The van der Waals surface area contributed by atoms with Gasteiger partial charge in [0.1, 0.15) is 4.75 Å². The van der Waals surface area contributed by atoms with Gasteiger partial charge in [-0.25, -0.2) is 14.6 Å². The molecule has 0 spiro atoms. The van der Waals surface area contributed by atoms with Crippen molar-refractivity contribution in [2.75, 3.05) is 13.1 Å². The average molecular weight is 689 g/mol. The van der Waals surface area contributed by atoms with Crippen molar-refractivity contribution in [3.63, 3.8) is 0 Å². The van der Waals surface area contributed by atoms with Crippen LogP contribution in [0.15, 0.2) is 60.8 Å². The van der Waals surface area contributed by atoms with Crippen molar-refractivity contribution in [3.05, 3.63) is 77.8 Å². The van der Waals surface area contributed by atoms with E-state index in [1.54, 1.807) is 6.07 Å². The van der Waals surface area contributed by atoms with Gasteiger partial charge in [0, 0.05) is 28.9 Å². The lowest BCUT2D eigenvalue weighted by Gasteiger charge is -2.36. The predicted octanol–water partition coefficient (Wildman–Crippen LogP) is 7.38. The molecule has 0 saturated heterocycles. The van der Waals surface area contributed by atoms with Gasteiger partial charge in [-0.2, -0.15) is 5.10 Å². The summed E-state index contributed by atoms with van der Waals surface area (Å²) >= 11 is -1.50. The van der Waals surface area contributed by atoms with Crippen LogP contribution in [0.5, 0.6) is 0 Å². The summed E-state index contributed by atoms with van der Waals surface area (Å²) in [5.41, 5.74) is 4.64. The quantitative estimate of drug-likeness (QED) is 0.0849. The zero-order valence-electron chi connectivity index (χ0n) is 30.0. The first kappa shape index (κ1) is 36.4. The monoisotopic (exact) mass is 688 g/mol. The highest BCUT2D eigenvalue weighted by Crippen LogP contribution is 2.38. The van der Waals surface area contributed by atoms with E-state index < -0.39 is 30.2 Å². The molecule has 3 N–H and O–H groups in total. The molecule has 1 aliphatic rings. The molecule has 4 heterocycles. The zero-order valence-corrected chi connectivity index (χ0v) is 31.8. The topological polar surface area (TPSA) is 120 Å². The van der Waals surface area contributed by atoms with Gasteiger partial charge in [-0.1, -0.05) is 52.3 Å². The number of aliphatic hydroxyl groups is 1. The highest BCUT2D eigenvalue weighted by atomic mass is 32.2. The highest BCUT2D eigenvalue weighted by molar-refractivity contribution is 7.90. The van der Waals surface area contributed by atoms with Crippen LogP contribution in [0.25, 0.3) is 33.6 Å². The summed E-state index contributed by atoms with van der Waals surface area (Å²) < 4.78 is 24.0. The van der Waals surface area contributed by atoms with Crippen LogP contribution in [-0.2, 0) is 28.1 Å². The Morgan fingerprint density at radius 2 is 1.81 bits per heavy atom. The first-order valence-electron chi connectivity index (χ1n) is 16.9. The van der Waals surface area contributed by atoms with E-state index in [1.807, 2.05) is 68.9 Å². The molecule has 5 rings (SSSR count). The third-order valence-corrected chi connectivity index (χ3v) is 15.5. The molecule has 258 valence electrons. The summed E-state index contributed by atoms with van der Waals surface area (Å²) in [6.45, 7) is 21.0. The third kappa shape index (κ3) is 7.94. The van der Waals surface area contributed by atoms with E-state index in [0.717, 1.165) is 53.1 Å². The van der Waals surface area contributed by atoms with Gasteiger partial charge in [-0.15, -0.1) is 4.72 Å². The summed E-state index contributed by atoms with van der Waals surface area (Å²) in [6.07, 6.45) is 6.11. The van der Waals surface area contributed by atoms with Gasteiger partial charge in [0.25, 0.3) is 0 Å². The molecule has 1 aliphatic heterocycles. The number of hydrogen-bond donors (Lipinski definition) is 3.